The van der Waals surface area contributed by atoms with Crippen molar-refractivity contribution in [2.75, 3.05) is 6.54 Å². The monoisotopic (exact) mass is 669 g/mol. The first-order valence-corrected chi connectivity index (χ1v) is 16.7. The molecule has 1 aliphatic carbocycles. The van der Waals surface area contributed by atoms with Crippen molar-refractivity contribution >= 4 is 30.5 Å². The number of amides is 5. The van der Waals surface area contributed by atoms with Crippen LogP contribution in [0.15, 0.2) is 72.8 Å². The first kappa shape index (κ1) is 35.3. The molecule has 1 aliphatic heterocycles. The number of halogens is 1. The molecule has 5 amide bonds. The van der Waals surface area contributed by atoms with Crippen molar-refractivity contribution in [2.45, 2.75) is 83.7 Å². The molecule has 3 aromatic rings. The number of benzene rings is 3. The molecule has 258 valence electrons. The largest absolute Gasteiger partial charge is 0.347 e. The third kappa shape index (κ3) is 8.51. The van der Waals surface area contributed by atoms with Crippen molar-refractivity contribution < 1.29 is 28.4 Å². The van der Waals surface area contributed by atoms with Crippen molar-refractivity contribution in [3.63, 3.8) is 0 Å². The normalized spacial score (nSPS) is 19.3. The zero-order valence-electron chi connectivity index (χ0n) is 28.2. The highest BCUT2D eigenvalue weighted by Gasteiger charge is 2.45. The summed E-state index contributed by atoms with van der Waals surface area (Å²) < 4.78 is 14.1. The molecule has 0 aromatic heterocycles. The maximum Gasteiger partial charge on any atom is 0.251 e. The van der Waals surface area contributed by atoms with E-state index >= 15 is 0 Å². The van der Waals surface area contributed by atoms with Gasteiger partial charge in [-0.15, -0.1) is 0 Å². The van der Waals surface area contributed by atoms with E-state index in [1.165, 1.54) is 21.4 Å². The van der Waals surface area contributed by atoms with Gasteiger partial charge < -0.3 is 25.8 Å². The number of carbonyl (C=O) groups is 5. The molecule has 4 atom stereocenters. The number of aryl methyl sites for hydroxylation is 1. The molecule has 1 heterocycles. The molecule has 11 heteroatoms. The minimum atomic E-state index is -0.873. The highest BCUT2D eigenvalue weighted by atomic mass is 19.1. The third-order valence-corrected chi connectivity index (χ3v) is 9.34. The van der Waals surface area contributed by atoms with Crippen LogP contribution < -0.4 is 16.0 Å². The van der Waals surface area contributed by atoms with Crippen LogP contribution in [0.3, 0.4) is 0 Å². The molecule has 1 saturated heterocycles. The van der Waals surface area contributed by atoms with E-state index in [1.54, 1.807) is 42.5 Å². The minimum Gasteiger partial charge on any atom is -0.347 e. The fourth-order valence-electron chi connectivity index (χ4n) is 6.77. The van der Waals surface area contributed by atoms with Crippen molar-refractivity contribution in [1.29, 1.82) is 0 Å². The molecule has 4 unspecified atom stereocenters. The molecule has 0 saturated carbocycles. The standard InChI is InChI=1S/C38H44FN5O5/c1-38(2,3)34(40-23-45)37(49)44-22-29(19-33(44)36(48)42-32-14-8-11-26-9-4-6-12-30(26)32)41-35(47)27-17-15-25(16-18-27)20-43(24-46)21-28-10-5-7-13-31(28)39/h4-7,9-10,12-13,15-18,23-24,29,32-34H,8,11,14,19-22H2,1-3H3,(H,40,45)(H,41,47)(H,42,48). The fourth-order valence-corrected chi connectivity index (χ4v) is 6.77. The Kier molecular flexibility index (Phi) is 11.1. The molecule has 49 heavy (non-hydrogen) atoms. The zero-order chi connectivity index (χ0) is 35.1. The van der Waals surface area contributed by atoms with E-state index < -0.39 is 23.5 Å². The van der Waals surface area contributed by atoms with Gasteiger partial charge in [0.2, 0.25) is 24.6 Å². The van der Waals surface area contributed by atoms with Crippen molar-refractivity contribution in [3.8, 4) is 0 Å². The molecule has 0 spiro atoms. The van der Waals surface area contributed by atoms with Gasteiger partial charge in [0.25, 0.3) is 5.91 Å². The highest BCUT2D eigenvalue weighted by molar-refractivity contribution is 5.95. The Morgan fingerprint density at radius 3 is 2.37 bits per heavy atom. The summed E-state index contributed by atoms with van der Waals surface area (Å²) in [5.41, 5.74) is 3.18. The Labute approximate surface area is 286 Å². The van der Waals surface area contributed by atoms with Crippen LogP contribution >= 0.6 is 0 Å². The van der Waals surface area contributed by atoms with Gasteiger partial charge in [0.15, 0.2) is 0 Å². The van der Waals surface area contributed by atoms with Crippen molar-refractivity contribution in [1.82, 2.24) is 25.8 Å². The first-order chi connectivity index (χ1) is 23.5. The van der Waals surface area contributed by atoms with Gasteiger partial charge in [-0.05, 0) is 66.0 Å². The zero-order valence-corrected chi connectivity index (χ0v) is 28.2. The Morgan fingerprint density at radius 1 is 0.959 bits per heavy atom. The first-order valence-electron chi connectivity index (χ1n) is 16.7. The van der Waals surface area contributed by atoms with Gasteiger partial charge in [0.05, 0.1) is 6.04 Å². The van der Waals surface area contributed by atoms with E-state index in [4.69, 9.17) is 0 Å². The Hall–Kier alpha value is -5.06. The Balaban J connectivity index is 1.28. The number of likely N-dealkylation sites (tertiary alicyclic amines) is 1. The Bertz CT molecular complexity index is 1670. The van der Waals surface area contributed by atoms with Gasteiger partial charge >= 0.3 is 0 Å². The predicted molar refractivity (Wildman–Crippen MR) is 182 cm³/mol. The molecule has 0 radical (unpaired) electrons. The SMILES string of the molecule is CC(C)(C)C(NC=O)C(=O)N1CC(NC(=O)c2ccc(CN(C=O)Cc3ccccc3F)cc2)CC1C(=O)NC1CCCc2ccccc21. The molecule has 3 aromatic carbocycles. The second kappa shape index (κ2) is 15.4. The number of hydrogen-bond acceptors (Lipinski definition) is 5. The van der Waals surface area contributed by atoms with Crippen LogP contribution in [-0.2, 0) is 38.7 Å². The van der Waals surface area contributed by atoms with Crippen LogP contribution in [0.2, 0.25) is 0 Å². The van der Waals surface area contributed by atoms with Gasteiger partial charge in [-0.3, -0.25) is 24.0 Å². The quantitative estimate of drug-likeness (QED) is 0.251. The summed E-state index contributed by atoms with van der Waals surface area (Å²) in [6.07, 6.45) is 4.02. The van der Waals surface area contributed by atoms with E-state index in [9.17, 15) is 28.4 Å². The number of rotatable bonds is 12. The average Bonchev–Trinajstić information content (AvgIpc) is 3.51. The number of nitrogens with zero attached hydrogens (tertiary/aromatic N) is 2. The molecular formula is C38H44FN5O5. The van der Waals surface area contributed by atoms with Crippen molar-refractivity contribution in [3.05, 3.63) is 106 Å². The number of carbonyl (C=O) groups excluding carboxylic acids is 5. The number of fused-ring (bicyclic) bond motifs is 1. The van der Waals surface area contributed by atoms with Gasteiger partial charge in [-0.1, -0.05) is 75.4 Å². The van der Waals surface area contributed by atoms with Crippen LogP contribution in [0, 0.1) is 11.2 Å². The minimum absolute atomic E-state index is 0.0967. The summed E-state index contributed by atoms with van der Waals surface area (Å²) in [6.45, 7) is 5.95. The van der Waals surface area contributed by atoms with Gasteiger partial charge in [-0.2, -0.15) is 0 Å². The van der Waals surface area contributed by atoms with E-state index in [0.29, 0.717) is 23.9 Å². The summed E-state index contributed by atoms with van der Waals surface area (Å²) in [5.74, 6) is -1.45. The van der Waals surface area contributed by atoms with Crippen LogP contribution in [0.5, 0.6) is 0 Å². The lowest BCUT2D eigenvalue weighted by Gasteiger charge is -2.35. The number of nitrogens with one attached hydrogen (secondary N) is 3. The van der Waals surface area contributed by atoms with Gasteiger partial charge in [0.1, 0.15) is 17.9 Å². The topological polar surface area (TPSA) is 128 Å². The summed E-state index contributed by atoms with van der Waals surface area (Å²) in [7, 11) is 0. The summed E-state index contributed by atoms with van der Waals surface area (Å²) >= 11 is 0. The molecule has 5 rings (SSSR count). The lowest BCUT2D eigenvalue weighted by atomic mass is 9.85. The van der Waals surface area contributed by atoms with E-state index in [2.05, 4.69) is 22.0 Å². The summed E-state index contributed by atoms with van der Waals surface area (Å²) in [6, 6.07) is 18.6. The average molecular weight is 670 g/mol. The second-order valence-electron chi connectivity index (χ2n) is 13.9. The van der Waals surface area contributed by atoms with Gasteiger partial charge in [0, 0.05) is 36.8 Å². The molecule has 10 nitrogen and oxygen atoms in total. The molecular weight excluding hydrogens is 625 g/mol. The van der Waals surface area contributed by atoms with E-state index in [-0.39, 0.29) is 55.6 Å². The fraction of sp³-hybridized carbons (Fsp3) is 0.395. The smallest absolute Gasteiger partial charge is 0.251 e. The van der Waals surface area contributed by atoms with Crippen molar-refractivity contribution in [2.24, 2.45) is 5.41 Å². The molecule has 1 fully saturated rings. The molecule has 2 aliphatic rings. The Morgan fingerprint density at radius 2 is 1.67 bits per heavy atom. The highest BCUT2D eigenvalue weighted by Crippen LogP contribution is 2.31. The van der Waals surface area contributed by atoms with Crippen LogP contribution in [0.4, 0.5) is 4.39 Å². The van der Waals surface area contributed by atoms with Crippen LogP contribution in [-0.4, -0.2) is 65.0 Å². The van der Waals surface area contributed by atoms with Crippen LogP contribution in [0.25, 0.3) is 0 Å². The molecule has 0 bridgehead atoms. The third-order valence-electron chi connectivity index (χ3n) is 9.34. The second-order valence-corrected chi connectivity index (χ2v) is 13.9. The number of hydrogen-bond donors (Lipinski definition) is 3. The lowest BCUT2D eigenvalue weighted by Crippen LogP contribution is -2.56. The lowest BCUT2D eigenvalue weighted by molar-refractivity contribution is -0.143. The summed E-state index contributed by atoms with van der Waals surface area (Å²) in [5, 5.41) is 8.81. The molecule has 3 N–H and O–H groups in total. The van der Waals surface area contributed by atoms with E-state index in [1.807, 2.05) is 39.0 Å². The van der Waals surface area contributed by atoms with Crippen LogP contribution in [0.1, 0.15) is 78.7 Å². The van der Waals surface area contributed by atoms with Gasteiger partial charge in [-0.25, -0.2) is 4.39 Å². The van der Waals surface area contributed by atoms with E-state index in [0.717, 1.165) is 30.4 Å². The predicted octanol–water partition coefficient (Wildman–Crippen LogP) is 4.04. The maximum absolute atomic E-state index is 14.1. The maximum atomic E-state index is 14.1. The summed E-state index contributed by atoms with van der Waals surface area (Å²) in [4.78, 5) is 67.3.